The monoisotopic (exact) mass is 449 g/mol. The molecular weight excluding hydrogens is 417 g/mol. The number of anilines is 2. The minimum Gasteiger partial charge on any atom is -0.378 e. The molecule has 1 N–H and O–H groups in total. The maximum atomic E-state index is 15.0. The van der Waals surface area contributed by atoms with E-state index in [0.717, 1.165) is 30.6 Å². The van der Waals surface area contributed by atoms with Crippen LogP contribution in [0.25, 0.3) is 0 Å². The molecule has 0 aromatic heterocycles. The van der Waals surface area contributed by atoms with Crippen molar-refractivity contribution in [3.05, 3.63) is 58.9 Å². The molecular formula is C27H32FN3O2. The Kier molecular flexibility index (Phi) is 6.47. The molecule has 1 unspecified atom stereocenters. The zero-order chi connectivity index (χ0) is 23.8. The first-order chi connectivity index (χ1) is 15.7. The van der Waals surface area contributed by atoms with E-state index in [-0.39, 0.29) is 11.7 Å². The zero-order valence-corrected chi connectivity index (χ0v) is 19.9. The smallest absolute Gasteiger partial charge is 0.258 e. The van der Waals surface area contributed by atoms with Crippen LogP contribution in [0.1, 0.15) is 48.2 Å². The highest BCUT2D eigenvalue weighted by atomic mass is 19.1. The standard InChI is InChI=1S/C27H32FN3O2/c1-5-27(2,33)13-10-19-6-8-23-20(16-19)11-15-31(26(23)32)21-7-9-25(24(28)17-21)30-14-12-22(18-30)29(3)4/h6-9,16-17,22,33H,5,11-12,14-15,18H2,1-4H3/t22-,27?/m1/s1. The number of amides is 1. The van der Waals surface area contributed by atoms with E-state index in [0.29, 0.717) is 42.4 Å². The lowest BCUT2D eigenvalue weighted by Crippen LogP contribution is -2.37. The van der Waals surface area contributed by atoms with Crippen molar-refractivity contribution in [1.82, 2.24) is 4.90 Å². The third-order valence-electron chi connectivity index (χ3n) is 6.83. The summed E-state index contributed by atoms with van der Waals surface area (Å²) in [7, 11) is 4.11. The Labute approximate surface area is 195 Å². The molecule has 6 heteroatoms. The summed E-state index contributed by atoms with van der Waals surface area (Å²) in [4.78, 5) is 19.1. The summed E-state index contributed by atoms with van der Waals surface area (Å²) in [5.74, 6) is 5.47. The maximum absolute atomic E-state index is 15.0. The quantitative estimate of drug-likeness (QED) is 0.724. The normalized spacial score (nSPS) is 19.8. The van der Waals surface area contributed by atoms with Crippen molar-refractivity contribution >= 4 is 17.3 Å². The summed E-state index contributed by atoms with van der Waals surface area (Å²) in [5, 5.41) is 10.1. The van der Waals surface area contributed by atoms with Gasteiger partial charge in [0.1, 0.15) is 11.4 Å². The van der Waals surface area contributed by atoms with Gasteiger partial charge in [0.05, 0.1) is 5.69 Å². The summed E-state index contributed by atoms with van der Waals surface area (Å²) in [6, 6.07) is 11.0. The SMILES string of the molecule is CCC(C)(O)C#Cc1ccc2c(c1)CCN(c1ccc(N3CC[C@@H](N(C)C)C3)c(F)c1)C2=O. The Balaban J connectivity index is 1.52. The molecule has 33 heavy (non-hydrogen) atoms. The van der Waals surface area contributed by atoms with Crippen LogP contribution in [0.4, 0.5) is 15.8 Å². The lowest BCUT2D eigenvalue weighted by atomic mass is 9.95. The summed E-state index contributed by atoms with van der Waals surface area (Å²) in [5.41, 5.74) is 2.48. The van der Waals surface area contributed by atoms with Gasteiger partial charge in [-0.05, 0) is 82.2 Å². The van der Waals surface area contributed by atoms with Gasteiger partial charge in [0.2, 0.25) is 0 Å². The molecule has 0 saturated carbocycles. The van der Waals surface area contributed by atoms with Crippen LogP contribution in [0.2, 0.25) is 0 Å². The second-order valence-corrected chi connectivity index (χ2v) is 9.44. The van der Waals surface area contributed by atoms with E-state index in [2.05, 4.69) is 35.7 Å². The van der Waals surface area contributed by atoms with Crippen LogP contribution >= 0.6 is 0 Å². The number of carbonyl (C=O) groups excluding carboxylic acids is 1. The van der Waals surface area contributed by atoms with E-state index in [1.807, 2.05) is 19.1 Å². The predicted octanol–water partition coefficient (Wildman–Crippen LogP) is 3.68. The molecule has 1 saturated heterocycles. The molecule has 2 aliphatic rings. The molecule has 2 atom stereocenters. The molecule has 2 heterocycles. The summed E-state index contributed by atoms with van der Waals surface area (Å²) in [6.45, 7) is 5.69. The number of likely N-dealkylation sites (N-methyl/N-ethyl adjacent to an activating group) is 1. The van der Waals surface area contributed by atoms with Crippen molar-refractivity contribution in [3.63, 3.8) is 0 Å². The number of nitrogens with zero attached hydrogens (tertiary/aromatic N) is 3. The van der Waals surface area contributed by atoms with Crippen LogP contribution in [-0.2, 0) is 6.42 Å². The van der Waals surface area contributed by atoms with Gasteiger partial charge in [0.25, 0.3) is 5.91 Å². The Hall–Kier alpha value is -2.88. The molecule has 0 spiro atoms. The number of halogens is 1. The highest BCUT2D eigenvalue weighted by Gasteiger charge is 2.29. The van der Waals surface area contributed by atoms with E-state index in [9.17, 15) is 9.90 Å². The third-order valence-corrected chi connectivity index (χ3v) is 6.83. The lowest BCUT2D eigenvalue weighted by Gasteiger charge is -2.29. The van der Waals surface area contributed by atoms with Crippen LogP contribution in [0.15, 0.2) is 36.4 Å². The van der Waals surface area contributed by atoms with Crippen LogP contribution in [-0.4, -0.2) is 61.3 Å². The van der Waals surface area contributed by atoms with Crippen molar-refractivity contribution in [3.8, 4) is 11.8 Å². The van der Waals surface area contributed by atoms with E-state index in [4.69, 9.17) is 0 Å². The number of carbonyl (C=O) groups is 1. The van der Waals surface area contributed by atoms with Gasteiger partial charge >= 0.3 is 0 Å². The fraction of sp³-hybridized carbons (Fsp3) is 0.444. The number of hydrogen-bond donors (Lipinski definition) is 1. The van der Waals surface area contributed by atoms with Gasteiger partial charge in [-0.25, -0.2) is 4.39 Å². The first kappa shape index (κ1) is 23.3. The summed E-state index contributed by atoms with van der Waals surface area (Å²) < 4.78 is 15.0. The maximum Gasteiger partial charge on any atom is 0.258 e. The predicted molar refractivity (Wildman–Crippen MR) is 130 cm³/mol. The Morgan fingerprint density at radius 2 is 2.00 bits per heavy atom. The Morgan fingerprint density at radius 3 is 2.67 bits per heavy atom. The van der Waals surface area contributed by atoms with Crippen molar-refractivity contribution in [2.75, 3.05) is 43.5 Å². The molecule has 1 fully saturated rings. The number of fused-ring (bicyclic) bond motifs is 1. The first-order valence-corrected chi connectivity index (χ1v) is 11.6. The minimum atomic E-state index is -1.03. The highest BCUT2D eigenvalue weighted by molar-refractivity contribution is 6.08. The fourth-order valence-corrected chi connectivity index (χ4v) is 4.41. The summed E-state index contributed by atoms with van der Waals surface area (Å²) >= 11 is 0. The van der Waals surface area contributed by atoms with Crippen molar-refractivity contribution < 1.29 is 14.3 Å². The molecule has 0 aliphatic carbocycles. The lowest BCUT2D eigenvalue weighted by molar-refractivity contribution is 0.0980. The largest absolute Gasteiger partial charge is 0.378 e. The highest BCUT2D eigenvalue weighted by Crippen LogP contribution is 2.31. The molecule has 1 amide bonds. The van der Waals surface area contributed by atoms with Crippen molar-refractivity contribution in [2.45, 2.75) is 44.8 Å². The van der Waals surface area contributed by atoms with Crippen LogP contribution in [0.3, 0.4) is 0 Å². The number of rotatable bonds is 4. The van der Waals surface area contributed by atoms with E-state index < -0.39 is 5.60 Å². The Bertz CT molecular complexity index is 1120. The van der Waals surface area contributed by atoms with Gasteiger partial charge < -0.3 is 19.8 Å². The van der Waals surface area contributed by atoms with E-state index in [1.54, 1.807) is 30.0 Å². The Morgan fingerprint density at radius 1 is 1.21 bits per heavy atom. The van der Waals surface area contributed by atoms with Gasteiger partial charge in [0.15, 0.2) is 0 Å². The third kappa shape index (κ3) is 4.90. The topological polar surface area (TPSA) is 47.0 Å². The van der Waals surface area contributed by atoms with Gasteiger partial charge in [0, 0.05) is 42.5 Å². The molecule has 2 aromatic carbocycles. The zero-order valence-electron chi connectivity index (χ0n) is 19.9. The van der Waals surface area contributed by atoms with Crippen LogP contribution in [0.5, 0.6) is 0 Å². The number of aliphatic hydroxyl groups is 1. The average Bonchev–Trinajstić information content (AvgIpc) is 3.28. The van der Waals surface area contributed by atoms with Gasteiger partial charge in [-0.2, -0.15) is 0 Å². The van der Waals surface area contributed by atoms with E-state index in [1.165, 1.54) is 6.07 Å². The average molecular weight is 450 g/mol. The second-order valence-electron chi connectivity index (χ2n) is 9.44. The molecule has 5 nitrogen and oxygen atoms in total. The van der Waals surface area contributed by atoms with Crippen LogP contribution in [0, 0.1) is 17.7 Å². The molecule has 2 aromatic rings. The fourth-order valence-electron chi connectivity index (χ4n) is 4.41. The number of benzene rings is 2. The molecule has 174 valence electrons. The van der Waals surface area contributed by atoms with Crippen molar-refractivity contribution in [2.24, 2.45) is 0 Å². The van der Waals surface area contributed by atoms with Crippen molar-refractivity contribution in [1.29, 1.82) is 0 Å². The van der Waals surface area contributed by atoms with E-state index >= 15 is 4.39 Å². The molecule has 0 radical (unpaired) electrons. The number of hydrogen-bond acceptors (Lipinski definition) is 4. The molecule has 4 rings (SSSR count). The summed E-state index contributed by atoms with van der Waals surface area (Å²) in [6.07, 6.45) is 2.22. The van der Waals surface area contributed by atoms with Crippen LogP contribution < -0.4 is 9.80 Å². The molecule has 2 aliphatic heterocycles. The second kappa shape index (κ2) is 9.17. The van der Waals surface area contributed by atoms with Gasteiger partial charge in [-0.3, -0.25) is 4.79 Å². The first-order valence-electron chi connectivity index (χ1n) is 11.6. The molecule has 0 bridgehead atoms. The van der Waals surface area contributed by atoms with Gasteiger partial charge in [-0.15, -0.1) is 0 Å². The van der Waals surface area contributed by atoms with Gasteiger partial charge in [-0.1, -0.05) is 18.8 Å². The minimum absolute atomic E-state index is 0.127.